The largest absolute Gasteiger partial charge is 0.481 e. The first kappa shape index (κ1) is 12.7. The molecule has 0 fully saturated rings. The summed E-state index contributed by atoms with van der Waals surface area (Å²) in [6, 6.07) is 8.27. The second-order valence-corrected chi connectivity index (χ2v) is 5.34. The van der Waals surface area contributed by atoms with Crippen LogP contribution in [-0.4, -0.2) is 15.6 Å². The first-order valence-corrected chi connectivity index (χ1v) is 6.26. The van der Waals surface area contributed by atoms with Gasteiger partial charge in [0, 0.05) is 12.7 Å². The van der Waals surface area contributed by atoms with Gasteiger partial charge in [-0.05, 0) is 37.3 Å². The number of aryl methyl sites for hydroxylation is 1. The lowest BCUT2D eigenvalue weighted by Crippen LogP contribution is -2.28. The molecule has 0 aliphatic rings. The smallest absolute Gasteiger partial charge is 0.310 e. The molecule has 2 rings (SSSR count). The van der Waals surface area contributed by atoms with Crippen LogP contribution in [0.1, 0.15) is 26.3 Å². The molecule has 0 spiro atoms. The molecule has 18 heavy (non-hydrogen) atoms. The van der Waals surface area contributed by atoms with Gasteiger partial charge in [-0.25, -0.2) is 0 Å². The standard InChI is InChI=1S/C15H19NO2/c1-4-11-6-5-7-12-8-9-16(13(11)12)10-15(2,3)14(17)18/h5-9H,4,10H2,1-3H3,(H,17,18). The van der Waals surface area contributed by atoms with Crippen LogP contribution in [0.25, 0.3) is 10.9 Å². The molecule has 0 unspecified atom stereocenters. The molecule has 0 saturated heterocycles. The third-order valence-electron chi connectivity index (χ3n) is 3.40. The molecular formula is C15H19NO2. The first-order valence-electron chi connectivity index (χ1n) is 6.26. The normalized spacial score (nSPS) is 11.9. The fourth-order valence-corrected chi connectivity index (χ4v) is 2.25. The SMILES string of the molecule is CCc1cccc2ccn(CC(C)(C)C(=O)O)c12. The molecule has 0 bridgehead atoms. The lowest BCUT2D eigenvalue weighted by Gasteiger charge is -2.21. The molecule has 2 aromatic rings. The van der Waals surface area contributed by atoms with E-state index in [1.807, 2.05) is 18.3 Å². The Balaban J connectivity index is 2.49. The van der Waals surface area contributed by atoms with Crippen LogP contribution in [0.4, 0.5) is 0 Å². The Morgan fingerprint density at radius 1 is 1.33 bits per heavy atom. The van der Waals surface area contributed by atoms with Gasteiger partial charge in [0.05, 0.1) is 10.9 Å². The number of nitrogens with zero attached hydrogens (tertiary/aromatic N) is 1. The van der Waals surface area contributed by atoms with E-state index in [2.05, 4.69) is 23.6 Å². The summed E-state index contributed by atoms with van der Waals surface area (Å²) in [4.78, 5) is 11.2. The van der Waals surface area contributed by atoms with Crippen LogP contribution in [0.3, 0.4) is 0 Å². The topological polar surface area (TPSA) is 42.2 Å². The fourth-order valence-electron chi connectivity index (χ4n) is 2.25. The summed E-state index contributed by atoms with van der Waals surface area (Å²) in [6.45, 7) is 6.13. The van der Waals surface area contributed by atoms with Gasteiger partial charge >= 0.3 is 5.97 Å². The van der Waals surface area contributed by atoms with Gasteiger partial charge in [-0.15, -0.1) is 0 Å². The molecule has 0 saturated carbocycles. The van der Waals surface area contributed by atoms with Gasteiger partial charge in [-0.2, -0.15) is 0 Å². The zero-order valence-corrected chi connectivity index (χ0v) is 11.1. The van der Waals surface area contributed by atoms with Gasteiger partial charge in [0.15, 0.2) is 0 Å². The molecule has 3 nitrogen and oxygen atoms in total. The number of aliphatic carboxylic acids is 1. The molecule has 0 atom stereocenters. The number of benzene rings is 1. The minimum atomic E-state index is -0.765. The molecule has 0 radical (unpaired) electrons. The highest BCUT2D eigenvalue weighted by molar-refractivity contribution is 5.83. The summed E-state index contributed by atoms with van der Waals surface area (Å²) in [6.07, 6.45) is 2.93. The van der Waals surface area contributed by atoms with E-state index in [1.54, 1.807) is 13.8 Å². The van der Waals surface area contributed by atoms with E-state index < -0.39 is 11.4 Å². The number of carboxylic acid groups (broad SMARTS) is 1. The van der Waals surface area contributed by atoms with Gasteiger partial charge in [0.25, 0.3) is 0 Å². The second-order valence-electron chi connectivity index (χ2n) is 5.34. The molecule has 1 aromatic heterocycles. The Bertz CT molecular complexity index is 581. The minimum Gasteiger partial charge on any atom is -0.481 e. The van der Waals surface area contributed by atoms with Crippen molar-refractivity contribution in [2.75, 3.05) is 0 Å². The average molecular weight is 245 g/mol. The summed E-state index contributed by atoms with van der Waals surface area (Å²) in [5.74, 6) is -0.765. The van der Waals surface area contributed by atoms with Gasteiger partial charge in [-0.1, -0.05) is 25.1 Å². The highest BCUT2D eigenvalue weighted by Crippen LogP contribution is 2.25. The van der Waals surface area contributed by atoms with E-state index in [0.717, 1.165) is 11.9 Å². The van der Waals surface area contributed by atoms with Gasteiger partial charge in [0.1, 0.15) is 0 Å². The number of para-hydroxylation sites is 1. The quantitative estimate of drug-likeness (QED) is 0.897. The highest BCUT2D eigenvalue weighted by Gasteiger charge is 2.28. The minimum absolute atomic E-state index is 0.489. The van der Waals surface area contributed by atoms with Crippen molar-refractivity contribution in [3.8, 4) is 0 Å². The van der Waals surface area contributed by atoms with Crippen molar-refractivity contribution in [3.63, 3.8) is 0 Å². The van der Waals surface area contributed by atoms with Crippen LogP contribution in [-0.2, 0) is 17.8 Å². The lowest BCUT2D eigenvalue weighted by atomic mass is 9.93. The number of carboxylic acids is 1. The van der Waals surface area contributed by atoms with Crippen molar-refractivity contribution < 1.29 is 9.90 Å². The number of hydrogen-bond donors (Lipinski definition) is 1. The highest BCUT2D eigenvalue weighted by atomic mass is 16.4. The average Bonchev–Trinajstić information content (AvgIpc) is 2.71. The van der Waals surface area contributed by atoms with Gasteiger partial charge < -0.3 is 9.67 Å². The van der Waals surface area contributed by atoms with Crippen LogP contribution < -0.4 is 0 Å². The van der Waals surface area contributed by atoms with E-state index in [1.165, 1.54) is 10.9 Å². The van der Waals surface area contributed by atoms with E-state index >= 15 is 0 Å². The third-order valence-corrected chi connectivity index (χ3v) is 3.40. The lowest BCUT2D eigenvalue weighted by molar-refractivity contribution is -0.147. The van der Waals surface area contributed by atoms with Crippen molar-refractivity contribution in [3.05, 3.63) is 36.0 Å². The summed E-state index contributed by atoms with van der Waals surface area (Å²) < 4.78 is 2.06. The van der Waals surface area contributed by atoms with Crippen molar-refractivity contribution in [1.29, 1.82) is 0 Å². The first-order chi connectivity index (χ1) is 8.45. The fraction of sp³-hybridized carbons (Fsp3) is 0.400. The summed E-state index contributed by atoms with van der Waals surface area (Å²) in [7, 11) is 0. The summed E-state index contributed by atoms with van der Waals surface area (Å²) >= 11 is 0. The summed E-state index contributed by atoms with van der Waals surface area (Å²) in [5.41, 5.74) is 1.67. The second kappa shape index (κ2) is 4.48. The Morgan fingerprint density at radius 3 is 2.67 bits per heavy atom. The van der Waals surface area contributed by atoms with E-state index in [9.17, 15) is 9.90 Å². The molecule has 3 heteroatoms. The maximum Gasteiger partial charge on any atom is 0.310 e. The maximum absolute atomic E-state index is 11.2. The molecule has 96 valence electrons. The van der Waals surface area contributed by atoms with E-state index in [-0.39, 0.29) is 0 Å². The van der Waals surface area contributed by atoms with Crippen LogP contribution in [0, 0.1) is 5.41 Å². The molecule has 1 heterocycles. The predicted molar refractivity (Wildman–Crippen MR) is 72.7 cm³/mol. The molecule has 0 aliphatic heterocycles. The zero-order chi connectivity index (χ0) is 13.3. The van der Waals surface area contributed by atoms with Crippen molar-refractivity contribution in [1.82, 2.24) is 4.57 Å². The van der Waals surface area contributed by atoms with Crippen LogP contribution in [0.2, 0.25) is 0 Å². The number of fused-ring (bicyclic) bond motifs is 1. The number of hydrogen-bond acceptors (Lipinski definition) is 1. The van der Waals surface area contributed by atoms with Crippen LogP contribution in [0.15, 0.2) is 30.5 Å². The molecular weight excluding hydrogens is 226 g/mol. The van der Waals surface area contributed by atoms with Crippen LogP contribution in [0.5, 0.6) is 0 Å². The Hall–Kier alpha value is -1.77. The van der Waals surface area contributed by atoms with Crippen molar-refractivity contribution in [2.45, 2.75) is 33.7 Å². The predicted octanol–water partition coefficient (Wildman–Crippen LogP) is 3.31. The molecule has 1 aromatic carbocycles. The Kier molecular flexibility index (Phi) is 3.16. The Labute approximate surface area is 107 Å². The zero-order valence-electron chi connectivity index (χ0n) is 11.1. The number of rotatable bonds is 4. The van der Waals surface area contributed by atoms with Crippen molar-refractivity contribution >= 4 is 16.9 Å². The van der Waals surface area contributed by atoms with E-state index in [4.69, 9.17) is 0 Å². The number of carbonyl (C=O) groups is 1. The molecule has 1 N–H and O–H groups in total. The van der Waals surface area contributed by atoms with E-state index in [0.29, 0.717) is 6.54 Å². The molecule has 0 aliphatic carbocycles. The van der Waals surface area contributed by atoms with Crippen molar-refractivity contribution in [2.24, 2.45) is 5.41 Å². The Morgan fingerprint density at radius 2 is 2.06 bits per heavy atom. The van der Waals surface area contributed by atoms with Gasteiger partial charge in [0.2, 0.25) is 0 Å². The van der Waals surface area contributed by atoms with Gasteiger partial charge in [-0.3, -0.25) is 4.79 Å². The summed E-state index contributed by atoms with van der Waals surface area (Å²) in [5, 5.41) is 10.4. The maximum atomic E-state index is 11.2. The monoisotopic (exact) mass is 245 g/mol. The third kappa shape index (κ3) is 2.13. The molecule has 0 amide bonds. The number of aromatic nitrogens is 1. The van der Waals surface area contributed by atoms with Crippen LogP contribution >= 0.6 is 0 Å².